The Hall–Kier alpha value is -2.77. The summed E-state index contributed by atoms with van der Waals surface area (Å²) in [4.78, 5) is 9.58. The van der Waals surface area contributed by atoms with Crippen molar-refractivity contribution in [1.82, 2.24) is 9.88 Å². The molecule has 2 bridgehead atoms. The molecule has 188 valence electrons. The van der Waals surface area contributed by atoms with Crippen LogP contribution in [0.4, 0.5) is 5.82 Å². The first-order valence-corrected chi connectivity index (χ1v) is 13.1. The molecule has 6 heteroatoms. The van der Waals surface area contributed by atoms with Gasteiger partial charge in [0.25, 0.3) is 0 Å². The third-order valence-electron chi connectivity index (χ3n) is 8.46. The van der Waals surface area contributed by atoms with Crippen molar-refractivity contribution in [2.24, 2.45) is 5.92 Å². The number of anilines is 1. The Kier molecular flexibility index (Phi) is 6.30. The number of pyridine rings is 1. The van der Waals surface area contributed by atoms with Gasteiger partial charge in [0.2, 0.25) is 0 Å². The second-order valence-corrected chi connectivity index (χ2v) is 10.6. The fourth-order valence-electron chi connectivity index (χ4n) is 6.33. The topological polar surface area (TPSA) is 69.1 Å². The third-order valence-corrected chi connectivity index (χ3v) is 8.46. The Morgan fingerprint density at radius 3 is 2.36 bits per heavy atom. The van der Waals surface area contributed by atoms with Crippen LogP contribution >= 0.6 is 0 Å². The van der Waals surface area contributed by atoms with Gasteiger partial charge in [0.05, 0.1) is 11.8 Å². The molecule has 4 saturated heterocycles. The predicted molar refractivity (Wildman–Crippen MR) is 141 cm³/mol. The first kappa shape index (κ1) is 23.6. The van der Waals surface area contributed by atoms with Crippen LogP contribution in [0.5, 0.6) is 0 Å². The van der Waals surface area contributed by atoms with Gasteiger partial charge in [-0.2, -0.15) is 0 Å². The summed E-state index contributed by atoms with van der Waals surface area (Å²) in [5.41, 5.74) is 4.67. The smallest absolute Gasteiger partial charge is 0.129 e. The quantitative estimate of drug-likeness (QED) is 0.558. The van der Waals surface area contributed by atoms with E-state index in [1.165, 1.54) is 5.56 Å². The number of nitrogens with zero attached hydrogens (tertiary/aromatic N) is 3. The molecule has 1 aromatic heterocycles. The molecule has 0 saturated carbocycles. The van der Waals surface area contributed by atoms with Gasteiger partial charge in [-0.3, -0.25) is 0 Å². The lowest BCUT2D eigenvalue weighted by Gasteiger charge is -2.50. The lowest BCUT2D eigenvalue weighted by molar-refractivity contribution is -0.117. The summed E-state index contributed by atoms with van der Waals surface area (Å²) < 4.78 is 5.44. The van der Waals surface area contributed by atoms with E-state index in [-0.39, 0.29) is 6.10 Å². The van der Waals surface area contributed by atoms with Crippen molar-refractivity contribution in [3.05, 3.63) is 83.6 Å². The molecule has 6 nitrogen and oxygen atoms in total. The molecule has 0 spiro atoms. The highest BCUT2D eigenvalue weighted by atomic mass is 16.5. The molecular weight excluding hydrogens is 450 g/mol. The SMILES string of the molecule is CO[C@@H]1CN(c2ccc(-c3ccc(C4(O)CN5CCC4CC5)cc3)c(Cc3ccccc3)n2)C[C@H]1O. The highest BCUT2D eigenvalue weighted by Crippen LogP contribution is 2.43. The summed E-state index contributed by atoms with van der Waals surface area (Å²) in [6.07, 6.45) is 2.14. The van der Waals surface area contributed by atoms with Crippen molar-refractivity contribution in [2.45, 2.75) is 37.1 Å². The molecule has 2 aromatic carbocycles. The summed E-state index contributed by atoms with van der Waals surface area (Å²) in [7, 11) is 1.64. The second-order valence-electron chi connectivity index (χ2n) is 10.6. The van der Waals surface area contributed by atoms with Gasteiger partial charge in [0.1, 0.15) is 17.5 Å². The minimum absolute atomic E-state index is 0.200. The number of aliphatic hydroxyl groups is 2. The zero-order valence-corrected chi connectivity index (χ0v) is 20.9. The maximum Gasteiger partial charge on any atom is 0.129 e. The van der Waals surface area contributed by atoms with Crippen molar-refractivity contribution < 1.29 is 14.9 Å². The Balaban J connectivity index is 1.32. The number of β-amino-alcohol motifs (C(OH)–C–C–N with tert-alkyl or cyclic N) is 1. The highest BCUT2D eigenvalue weighted by molar-refractivity contribution is 5.69. The molecule has 0 radical (unpaired) electrons. The van der Waals surface area contributed by atoms with Gasteiger partial charge in [-0.1, -0.05) is 54.6 Å². The summed E-state index contributed by atoms with van der Waals surface area (Å²) in [5, 5.41) is 21.9. The Morgan fingerprint density at radius 2 is 1.72 bits per heavy atom. The maximum absolute atomic E-state index is 11.6. The third kappa shape index (κ3) is 4.33. The molecule has 4 aliphatic heterocycles. The minimum atomic E-state index is -0.752. The van der Waals surface area contributed by atoms with Crippen LogP contribution in [0.15, 0.2) is 66.7 Å². The molecule has 2 N–H and O–H groups in total. The van der Waals surface area contributed by atoms with E-state index in [0.717, 1.165) is 67.1 Å². The van der Waals surface area contributed by atoms with Gasteiger partial charge < -0.3 is 24.7 Å². The lowest BCUT2D eigenvalue weighted by atomic mass is 9.71. The average molecular weight is 486 g/mol. The highest BCUT2D eigenvalue weighted by Gasteiger charge is 2.46. The van der Waals surface area contributed by atoms with E-state index in [1.807, 2.05) is 12.1 Å². The van der Waals surface area contributed by atoms with E-state index in [1.54, 1.807) is 7.11 Å². The molecule has 5 heterocycles. The summed E-state index contributed by atoms with van der Waals surface area (Å²) in [6, 6.07) is 23.1. The number of fused-ring (bicyclic) bond motifs is 3. The van der Waals surface area contributed by atoms with E-state index in [0.29, 0.717) is 19.0 Å². The van der Waals surface area contributed by atoms with Crippen molar-refractivity contribution in [1.29, 1.82) is 0 Å². The largest absolute Gasteiger partial charge is 0.388 e. The summed E-state index contributed by atoms with van der Waals surface area (Å²) in [5.74, 6) is 1.20. The zero-order chi connectivity index (χ0) is 24.7. The number of hydrogen-bond acceptors (Lipinski definition) is 6. The van der Waals surface area contributed by atoms with Gasteiger partial charge in [-0.25, -0.2) is 4.98 Å². The van der Waals surface area contributed by atoms with E-state index in [4.69, 9.17) is 9.72 Å². The molecule has 3 aromatic rings. The Labute approximate surface area is 213 Å². The summed E-state index contributed by atoms with van der Waals surface area (Å²) >= 11 is 0. The standard InChI is InChI=1S/C30H35N3O3/c1-36-28-19-33(18-27(28)34)29-12-11-25(26(31-29)17-21-5-3-2-4-6-21)22-7-9-23(10-8-22)30(35)20-32-15-13-24(30)14-16-32/h2-12,24,27-28,34-35H,13-20H2,1H3/t27-,28-,30?/m1/s1. The normalized spacial score (nSPS) is 29.6. The molecule has 0 aliphatic carbocycles. The van der Waals surface area contributed by atoms with Crippen LogP contribution in [-0.4, -0.2) is 72.1 Å². The van der Waals surface area contributed by atoms with E-state index < -0.39 is 11.7 Å². The van der Waals surface area contributed by atoms with Crippen molar-refractivity contribution in [2.75, 3.05) is 44.7 Å². The first-order chi connectivity index (χ1) is 17.5. The molecule has 3 atom stereocenters. The molecule has 7 rings (SSSR count). The van der Waals surface area contributed by atoms with Crippen LogP contribution in [0.3, 0.4) is 0 Å². The van der Waals surface area contributed by atoms with Crippen LogP contribution < -0.4 is 4.90 Å². The van der Waals surface area contributed by atoms with E-state index in [2.05, 4.69) is 64.4 Å². The monoisotopic (exact) mass is 485 g/mol. The number of aromatic nitrogens is 1. The number of rotatable bonds is 6. The van der Waals surface area contributed by atoms with Gasteiger partial charge >= 0.3 is 0 Å². The maximum atomic E-state index is 11.6. The van der Waals surface area contributed by atoms with Crippen molar-refractivity contribution in [3.63, 3.8) is 0 Å². The predicted octanol–water partition coefficient (Wildman–Crippen LogP) is 3.45. The van der Waals surface area contributed by atoms with Gasteiger partial charge in [-0.05, 0) is 60.7 Å². The fourth-order valence-corrected chi connectivity index (χ4v) is 6.33. The summed E-state index contributed by atoms with van der Waals surface area (Å²) in [6.45, 7) is 4.08. The molecule has 4 aliphatic rings. The molecular formula is C30H35N3O3. The van der Waals surface area contributed by atoms with Gasteiger partial charge in [0.15, 0.2) is 0 Å². The van der Waals surface area contributed by atoms with Crippen LogP contribution in [0.25, 0.3) is 11.1 Å². The van der Waals surface area contributed by atoms with Crippen molar-refractivity contribution >= 4 is 5.82 Å². The van der Waals surface area contributed by atoms with E-state index >= 15 is 0 Å². The Bertz CT molecular complexity index is 1190. The molecule has 1 unspecified atom stereocenters. The molecule has 0 amide bonds. The average Bonchev–Trinajstić information content (AvgIpc) is 3.30. The number of ether oxygens (including phenoxy) is 1. The van der Waals surface area contributed by atoms with Crippen molar-refractivity contribution in [3.8, 4) is 11.1 Å². The van der Waals surface area contributed by atoms with Crippen LogP contribution in [0, 0.1) is 5.92 Å². The Morgan fingerprint density at radius 1 is 0.972 bits per heavy atom. The number of piperidine rings is 3. The fraction of sp³-hybridized carbons (Fsp3) is 0.433. The molecule has 4 fully saturated rings. The van der Waals surface area contributed by atoms with Crippen LogP contribution in [-0.2, 0) is 16.8 Å². The lowest BCUT2D eigenvalue weighted by Crippen LogP contribution is -2.57. The number of hydrogen-bond donors (Lipinski definition) is 2. The number of benzene rings is 2. The second kappa shape index (κ2) is 9.60. The van der Waals surface area contributed by atoms with E-state index in [9.17, 15) is 10.2 Å². The number of methoxy groups -OCH3 is 1. The van der Waals surface area contributed by atoms with Gasteiger partial charge in [-0.15, -0.1) is 0 Å². The minimum Gasteiger partial charge on any atom is -0.388 e. The van der Waals surface area contributed by atoms with Gasteiger partial charge in [0, 0.05) is 38.7 Å². The number of aliphatic hydroxyl groups excluding tert-OH is 1. The van der Waals surface area contributed by atoms with Crippen LogP contribution in [0.2, 0.25) is 0 Å². The first-order valence-electron chi connectivity index (χ1n) is 13.1. The zero-order valence-electron chi connectivity index (χ0n) is 20.9. The van der Waals surface area contributed by atoms with Crippen LogP contribution in [0.1, 0.15) is 29.7 Å². The molecule has 36 heavy (non-hydrogen) atoms.